The Kier molecular flexibility index (Phi) is 5.07. The maximum atomic E-state index is 5.27. The number of benzene rings is 1. The number of hydrogen-bond donors (Lipinski definition) is 1. The summed E-state index contributed by atoms with van der Waals surface area (Å²) in [4.78, 5) is 7.71. The highest BCUT2D eigenvalue weighted by Gasteiger charge is 2.07. The second-order valence-electron chi connectivity index (χ2n) is 4.81. The second-order valence-corrected chi connectivity index (χ2v) is 5.99. The molecule has 2 aromatic rings. The highest BCUT2D eigenvalue weighted by Crippen LogP contribution is 2.18. The van der Waals surface area contributed by atoms with Gasteiger partial charge in [0.05, 0.1) is 16.8 Å². The highest BCUT2D eigenvalue weighted by molar-refractivity contribution is 9.10. The molecule has 0 bridgehead atoms. The first-order valence-electron chi connectivity index (χ1n) is 6.34. The Morgan fingerprint density at radius 1 is 1.30 bits per heavy atom. The van der Waals surface area contributed by atoms with E-state index in [1.54, 1.807) is 7.11 Å². The van der Waals surface area contributed by atoms with Gasteiger partial charge >= 0.3 is 0 Å². The summed E-state index contributed by atoms with van der Waals surface area (Å²) in [5, 5.41) is 0. The van der Waals surface area contributed by atoms with Crippen molar-refractivity contribution in [3.8, 4) is 0 Å². The van der Waals surface area contributed by atoms with E-state index >= 15 is 0 Å². The van der Waals surface area contributed by atoms with Crippen LogP contribution in [-0.2, 0) is 17.8 Å². The minimum atomic E-state index is 0.479. The number of aromatic amines is 1. The Labute approximate surface area is 132 Å². The first-order valence-corrected chi connectivity index (χ1v) is 7.54. The zero-order valence-corrected chi connectivity index (χ0v) is 14.2. The summed E-state index contributed by atoms with van der Waals surface area (Å²) in [7, 11) is 1.66. The molecule has 106 valence electrons. The van der Waals surface area contributed by atoms with Crippen LogP contribution in [0.4, 0.5) is 0 Å². The van der Waals surface area contributed by atoms with Crippen LogP contribution in [0.3, 0.4) is 0 Å². The molecule has 20 heavy (non-hydrogen) atoms. The van der Waals surface area contributed by atoms with Crippen LogP contribution < -0.4 is 0 Å². The molecule has 0 fully saturated rings. The maximum Gasteiger partial charge on any atom is 0.144 e. The first-order chi connectivity index (χ1) is 9.51. The largest absolute Gasteiger partial charge is 0.378 e. The van der Waals surface area contributed by atoms with Gasteiger partial charge in [-0.25, -0.2) is 4.98 Å². The van der Waals surface area contributed by atoms with Gasteiger partial charge in [0.15, 0.2) is 0 Å². The molecule has 5 heteroatoms. The number of rotatable bonds is 4. The Hall–Kier alpha value is -1.04. The van der Waals surface area contributed by atoms with Gasteiger partial charge in [-0.2, -0.15) is 0 Å². The second kappa shape index (κ2) is 6.61. The van der Waals surface area contributed by atoms with Gasteiger partial charge in [0, 0.05) is 13.5 Å². The molecular formula is C15H17BrN2OS. The fourth-order valence-electron chi connectivity index (χ4n) is 1.99. The number of aryl methyl sites for hydroxylation is 2. The lowest BCUT2D eigenvalue weighted by molar-refractivity contribution is 0.180. The van der Waals surface area contributed by atoms with Crippen molar-refractivity contribution in [2.45, 2.75) is 26.9 Å². The van der Waals surface area contributed by atoms with Crippen molar-refractivity contribution >= 4 is 28.1 Å². The number of nitrogens with one attached hydrogen (secondary N) is 1. The van der Waals surface area contributed by atoms with Gasteiger partial charge in [-0.15, -0.1) is 0 Å². The predicted molar refractivity (Wildman–Crippen MR) is 86.6 cm³/mol. The van der Waals surface area contributed by atoms with Crippen LogP contribution in [0.1, 0.15) is 28.2 Å². The van der Waals surface area contributed by atoms with Crippen LogP contribution in [0.2, 0.25) is 0 Å². The molecule has 0 saturated carbocycles. The van der Waals surface area contributed by atoms with Gasteiger partial charge in [0.1, 0.15) is 10.5 Å². The monoisotopic (exact) mass is 352 g/mol. The van der Waals surface area contributed by atoms with Gasteiger partial charge in [-0.05, 0) is 46.5 Å². The Bertz CT molecular complexity index is 682. The number of nitrogens with zero attached hydrogens (tertiary/aromatic N) is 1. The number of hydrogen-bond acceptors (Lipinski definition) is 3. The molecule has 0 aliphatic carbocycles. The van der Waals surface area contributed by atoms with E-state index in [9.17, 15) is 0 Å². The molecule has 1 aromatic carbocycles. The fourth-order valence-corrected chi connectivity index (χ4v) is 2.53. The highest BCUT2D eigenvalue weighted by atomic mass is 79.9. The molecule has 0 radical (unpaired) electrons. The quantitative estimate of drug-likeness (QED) is 0.835. The third-order valence-corrected chi connectivity index (χ3v) is 4.63. The SMILES string of the molecule is COCc1[nH]c(Cc2ccc(C)c(C)c2)nc(=S)c1Br. The lowest BCUT2D eigenvalue weighted by Gasteiger charge is -2.09. The third kappa shape index (κ3) is 3.53. The molecule has 0 atom stereocenters. The number of H-pyrrole nitrogens is 1. The van der Waals surface area contributed by atoms with Crippen LogP contribution in [-0.4, -0.2) is 17.1 Å². The summed E-state index contributed by atoms with van der Waals surface area (Å²) < 4.78 is 6.54. The van der Waals surface area contributed by atoms with E-state index in [4.69, 9.17) is 17.0 Å². The average Bonchev–Trinajstić information content (AvgIpc) is 2.40. The maximum absolute atomic E-state index is 5.27. The van der Waals surface area contributed by atoms with Crippen molar-refractivity contribution in [1.29, 1.82) is 0 Å². The van der Waals surface area contributed by atoms with E-state index < -0.39 is 0 Å². The van der Waals surface area contributed by atoms with Gasteiger partial charge in [-0.3, -0.25) is 0 Å². The zero-order valence-electron chi connectivity index (χ0n) is 11.8. The summed E-state index contributed by atoms with van der Waals surface area (Å²) in [6.45, 7) is 4.71. The first kappa shape index (κ1) is 15.4. The molecule has 0 spiro atoms. The van der Waals surface area contributed by atoms with E-state index in [0.29, 0.717) is 11.2 Å². The Balaban J connectivity index is 2.33. The number of ether oxygens (including phenoxy) is 1. The van der Waals surface area contributed by atoms with Crippen LogP contribution in [0.15, 0.2) is 22.7 Å². The molecule has 0 saturated heterocycles. The zero-order chi connectivity index (χ0) is 14.7. The molecule has 0 aliphatic rings. The molecule has 0 amide bonds. The normalized spacial score (nSPS) is 10.8. The Morgan fingerprint density at radius 3 is 2.70 bits per heavy atom. The molecule has 1 heterocycles. The number of aromatic nitrogens is 2. The smallest absolute Gasteiger partial charge is 0.144 e. The van der Waals surface area contributed by atoms with Crippen molar-refractivity contribution in [2.75, 3.05) is 7.11 Å². The van der Waals surface area contributed by atoms with Crippen molar-refractivity contribution in [3.05, 3.63) is 55.5 Å². The van der Waals surface area contributed by atoms with Crippen molar-refractivity contribution in [1.82, 2.24) is 9.97 Å². The molecule has 0 unspecified atom stereocenters. The van der Waals surface area contributed by atoms with E-state index in [-0.39, 0.29) is 0 Å². The minimum Gasteiger partial charge on any atom is -0.378 e. The lowest BCUT2D eigenvalue weighted by atomic mass is 10.0. The van der Waals surface area contributed by atoms with Crippen LogP contribution >= 0.6 is 28.1 Å². The van der Waals surface area contributed by atoms with E-state index in [0.717, 1.165) is 22.4 Å². The number of halogens is 1. The molecule has 0 aliphatic heterocycles. The average molecular weight is 353 g/mol. The molecule has 1 N–H and O–H groups in total. The molecular weight excluding hydrogens is 336 g/mol. The summed E-state index contributed by atoms with van der Waals surface area (Å²) in [5.41, 5.74) is 4.73. The fraction of sp³-hybridized carbons (Fsp3) is 0.333. The lowest BCUT2D eigenvalue weighted by Crippen LogP contribution is -2.04. The van der Waals surface area contributed by atoms with Gasteiger partial charge in [-0.1, -0.05) is 30.4 Å². The van der Waals surface area contributed by atoms with Gasteiger partial charge in [0.2, 0.25) is 0 Å². The van der Waals surface area contributed by atoms with Crippen LogP contribution in [0.5, 0.6) is 0 Å². The topological polar surface area (TPSA) is 37.9 Å². The van der Waals surface area contributed by atoms with Crippen molar-refractivity contribution in [2.24, 2.45) is 0 Å². The third-order valence-electron chi connectivity index (χ3n) is 3.22. The van der Waals surface area contributed by atoms with Crippen molar-refractivity contribution < 1.29 is 4.74 Å². The predicted octanol–water partition coefficient (Wildman–Crippen LogP) is 4.26. The van der Waals surface area contributed by atoms with E-state index in [1.807, 2.05) is 0 Å². The summed E-state index contributed by atoms with van der Waals surface area (Å²) in [6, 6.07) is 6.44. The molecule has 2 rings (SSSR count). The molecule has 3 nitrogen and oxygen atoms in total. The van der Waals surface area contributed by atoms with E-state index in [1.165, 1.54) is 16.7 Å². The Morgan fingerprint density at radius 2 is 2.05 bits per heavy atom. The van der Waals surface area contributed by atoms with Crippen LogP contribution in [0.25, 0.3) is 0 Å². The van der Waals surface area contributed by atoms with Gasteiger partial charge < -0.3 is 9.72 Å². The van der Waals surface area contributed by atoms with Crippen molar-refractivity contribution in [3.63, 3.8) is 0 Å². The van der Waals surface area contributed by atoms with E-state index in [2.05, 4.69) is 57.9 Å². The van der Waals surface area contributed by atoms with Crippen LogP contribution in [0, 0.1) is 18.5 Å². The summed E-state index contributed by atoms with van der Waals surface area (Å²) in [5.74, 6) is 0.855. The summed E-state index contributed by atoms with van der Waals surface area (Å²) in [6.07, 6.45) is 0.731. The number of methoxy groups -OCH3 is 1. The standard InChI is InChI=1S/C15H17BrN2OS/c1-9-4-5-11(6-10(9)2)7-13-17-12(8-19-3)14(16)15(20)18-13/h4-6H,7-8H2,1-3H3,(H,17,18,20). The van der Waals surface area contributed by atoms with Gasteiger partial charge in [0.25, 0.3) is 0 Å². The molecule has 1 aromatic heterocycles. The minimum absolute atomic E-state index is 0.479. The summed E-state index contributed by atoms with van der Waals surface area (Å²) >= 11 is 8.72.